The minimum Gasteiger partial charge on any atom is -0.497 e. The minimum absolute atomic E-state index is 0.232. The van der Waals surface area contributed by atoms with Crippen molar-refractivity contribution < 1.29 is 13.2 Å². The summed E-state index contributed by atoms with van der Waals surface area (Å²) in [6.45, 7) is 6.07. The van der Waals surface area contributed by atoms with Crippen LogP contribution in [0.1, 0.15) is 31.7 Å². The summed E-state index contributed by atoms with van der Waals surface area (Å²) >= 11 is 1.55. The van der Waals surface area contributed by atoms with Gasteiger partial charge in [-0.05, 0) is 41.1 Å². The second-order valence-electron chi connectivity index (χ2n) is 6.11. The first-order valence-corrected chi connectivity index (χ1v) is 9.30. The van der Waals surface area contributed by atoms with E-state index in [9.17, 15) is 8.42 Å². The molecular formula is C16H21NO3S2. The lowest BCUT2D eigenvalue weighted by molar-refractivity contribution is 0.308. The molecular weight excluding hydrogens is 318 g/mol. The standard InChI is InChI=1S/C16H21NO3S2/c1-16(2,3)15(14-6-5-11-21-14)17-22(18,19)13-9-7-12(20-4)8-10-13/h5-11,15,17H,1-4H3. The van der Waals surface area contributed by atoms with Crippen molar-refractivity contribution in [1.82, 2.24) is 4.72 Å². The van der Waals surface area contributed by atoms with E-state index in [1.807, 2.05) is 38.3 Å². The van der Waals surface area contributed by atoms with Gasteiger partial charge in [-0.3, -0.25) is 0 Å². The van der Waals surface area contributed by atoms with Crippen LogP contribution in [0.4, 0.5) is 0 Å². The molecule has 0 saturated heterocycles. The molecule has 22 heavy (non-hydrogen) atoms. The van der Waals surface area contributed by atoms with Crippen molar-refractivity contribution in [3.05, 3.63) is 46.7 Å². The van der Waals surface area contributed by atoms with E-state index < -0.39 is 10.0 Å². The lowest BCUT2D eigenvalue weighted by Gasteiger charge is -2.30. The van der Waals surface area contributed by atoms with E-state index in [4.69, 9.17) is 4.74 Å². The average molecular weight is 339 g/mol. The smallest absolute Gasteiger partial charge is 0.241 e. The molecule has 1 aromatic heterocycles. The number of nitrogens with one attached hydrogen (secondary N) is 1. The molecule has 0 fully saturated rings. The Morgan fingerprint density at radius 1 is 1.14 bits per heavy atom. The molecule has 0 bridgehead atoms. The average Bonchev–Trinajstić information content (AvgIpc) is 2.97. The van der Waals surface area contributed by atoms with Gasteiger partial charge in [-0.2, -0.15) is 0 Å². The predicted octanol–water partition coefficient (Wildman–Crippen LogP) is 3.82. The van der Waals surface area contributed by atoms with Gasteiger partial charge in [-0.25, -0.2) is 13.1 Å². The van der Waals surface area contributed by atoms with E-state index in [1.165, 1.54) is 0 Å². The van der Waals surface area contributed by atoms with E-state index in [2.05, 4.69) is 4.72 Å². The molecule has 2 aromatic rings. The molecule has 0 radical (unpaired) electrons. The van der Waals surface area contributed by atoms with Crippen LogP contribution in [0.15, 0.2) is 46.7 Å². The topological polar surface area (TPSA) is 55.4 Å². The van der Waals surface area contributed by atoms with E-state index in [0.29, 0.717) is 5.75 Å². The fourth-order valence-corrected chi connectivity index (χ4v) is 4.61. The Kier molecular flexibility index (Phi) is 4.94. The van der Waals surface area contributed by atoms with Crippen LogP contribution in [-0.4, -0.2) is 15.5 Å². The van der Waals surface area contributed by atoms with Gasteiger partial charge in [0.05, 0.1) is 18.0 Å². The summed E-state index contributed by atoms with van der Waals surface area (Å²) in [4.78, 5) is 1.24. The number of benzene rings is 1. The molecule has 1 atom stereocenters. The molecule has 0 aliphatic heterocycles. The first kappa shape index (κ1) is 17.0. The molecule has 6 heteroatoms. The van der Waals surface area contributed by atoms with Gasteiger partial charge in [0.15, 0.2) is 0 Å². The van der Waals surface area contributed by atoms with Crippen molar-refractivity contribution in [2.24, 2.45) is 5.41 Å². The third kappa shape index (κ3) is 3.88. The number of hydrogen-bond acceptors (Lipinski definition) is 4. The zero-order valence-electron chi connectivity index (χ0n) is 13.2. The van der Waals surface area contributed by atoms with Crippen LogP contribution < -0.4 is 9.46 Å². The Hall–Kier alpha value is -1.37. The normalized spacial score (nSPS) is 13.8. The lowest BCUT2D eigenvalue weighted by atomic mass is 9.86. The number of methoxy groups -OCH3 is 1. The van der Waals surface area contributed by atoms with Gasteiger partial charge >= 0.3 is 0 Å². The first-order valence-electron chi connectivity index (χ1n) is 6.94. The van der Waals surface area contributed by atoms with Crippen LogP contribution in [0.5, 0.6) is 5.75 Å². The van der Waals surface area contributed by atoms with Crippen molar-refractivity contribution in [3.8, 4) is 5.75 Å². The molecule has 1 aromatic carbocycles. The zero-order valence-corrected chi connectivity index (χ0v) is 14.8. The van der Waals surface area contributed by atoms with Crippen LogP contribution in [0.3, 0.4) is 0 Å². The molecule has 2 rings (SSSR count). The van der Waals surface area contributed by atoms with Crippen molar-refractivity contribution in [1.29, 1.82) is 0 Å². The monoisotopic (exact) mass is 339 g/mol. The van der Waals surface area contributed by atoms with Gasteiger partial charge in [0, 0.05) is 4.88 Å². The molecule has 0 saturated carbocycles. The molecule has 4 nitrogen and oxygen atoms in total. The summed E-state index contributed by atoms with van der Waals surface area (Å²) in [5.74, 6) is 0.629. The Labute approximate surface area is 136 Å². The third-order valence-electron chi connectivity index (χ3n) is 3.34. The molecule has 1 heterocycles. The largest absolute Gasteiger partial charge is 0.497 e. The van der Waals surface area contributed by atoms with E-state index >= 15 is 0 Å². The molecule has 0 amide bonds. The van der Waals surface area contributed by atoms with Crippen molar-refractivity contribution in [2.75, 3.05) is 7.11 Å². The molecule has 120 valence electrons. The predicted molar refractivity (Wildman–Crippen MR) is 89.8 cm³/mol. The maximum atomic E-state index is 12.6. The number of hydrogen-bond donors (Lipinski definition) is 1. The highest BCUT2D eigenvalue weighted by molar-refractivity contribution is 7.89. The van der Waals surface area contributed by atoms with E-state index in [-0.39, 0.29) is 16.4 Å². The van der Waals surface area contributed by atoms with Crippen LogP contribution in [-0.2, 0) is 10.0 Å². The minimum atomic E-state index is -3.59. The SMILES string of the molecule is COc1ccc(S(=O)(=O)NC(c2cccs2)C(C)(C)C)cc1. The summed E-state index contributed by atoms with van der Waals surface area (Å²) in [6, 6.07) is 10.00. The van der Waals surface area contributed by atoms with E-state index in [1.54, 1.807) is 42.7 Å². The van der Waals surface area contributed by atoms with Gasteiger partial charge in [-0.1, -0.05) is 26.8 Å². The fraction of sp³-hybridized carbons (Fsp3) is 0.375. The van der Waals surface area contributed by atoms with Crippen LogP contribution in [0, 0.1) is 5.41 Å². The highest BCUT2D eigenvalue weighted by Gasteiger charge is 2.31. The molecule has 0 spiro atoms. The first-order chi connectivity index (χ1) is 10.2. The Bertz CT molecular complexity index is 699. The maximum absolute atomic E-state index is 12.6. The Morgan fingerprint density at radius 3 is 2.23 bits per heavy atom. The van der Waals surface area contributed by atoms with Crippen molar-refractivity contribution in [2.45, 2.75) is 31.7 Å². The van der Waals surface area contributed by atoms with Gasteiger partial charge in [0.1, 0.15) is 5.75 Å². The second kappa shape index (κ2) is 6.40. The fourth-order valence-electron chi connectivity index (χ4n) is 2.10. The number of rotatable bonds is 5. The Morgan fingerprint density at radius 2 is 1.77 bits per heavy atom. The summed E-state index contributed by atoms with van der Waals surface area (Å²) in [7, 11) is -2.04. The number of ether oxygens (including phenoxy) is 1. The van der Waals surface area contributed by atoms with E-state index in [0.717, 1.165) is 4.88 Å². The lowest BCUT2D eigenvalue weighted by Crippen LogP contribution is -2.36. The van der Waals surface area contributed by atoms with Gasteiger partial charge in [-0.15, -0.1) is 11.3 Å². The molecule has 0 aliphatic rings. The molecule has 0 aliphatic carbocycles. The highest BCUT2D eigenvalue weighted by atomic mass is 32.2. The van der Waals surface area contributed by atoms with Gasteiger partial charge in [0.2, 0.25) is 10.0 Å². The number of sulfonamides is 1. The van der Waals surface area contributed by atoms with Crippen LogP contribution in [0.2, 0.25) is 0 Å². The van der Waals surface area contributed by atoms with Crippen LogP contribution in [0.25, 0.3) is 0 Å². The summed E-state index contributed by atoms with van der Waals surface area (Å²) < 4.78 is 33.2. The second-order valence-corrected chi connectivity index (χ2v) is 8.80. The van der Waals surface area contributed by atoms with Gasteiger partial charge < -0.3 is 4.74 Å². The molecule has 1 unspecified atom stereocenters. The zero-order chi connectivity index (χ0) is 16.4. The molecule has 1 N–H and O–H groups in total. The number of thiophene rings is 1. The quantitative estimate of drug-likeness (QED) is 0.901. The summed E-state index contributed by atoms with van der Waals surface area (Å²) in [5, 5.41) is 1.95. The Balaban J connectivity index is 2.32. The van der Waals surface area contributed by atoms with Crippen molar-refractivity contribution in [3.63, 3.8) is 0 Å². The van der Waals surface area contributed by atoms with Gasteiger partial charge in [0.25, 0.3) is 0 Å². The van der Waals surface area contributed by atoms with Crippen molar-refractivity contribution >= 4 is 21.4 Å². The highest BCUT2D eigenvalue weighted by Crippen LogP contribution is 2.36. The summed E-state index contributed by atoms with van der Waals surface area (Å²) in [6.07, 6.45) is 0. The summed E-state index contributed by atoms with van der Waals surface area (Å²) in [5.41, 5.74) is -0.232. The van der Waals surface area contributed by atoms with Crippen LogP contribution >= 0.6 is 11.3 Å². The third-order valence-corrected chi connectivity index (χ3v) is 5.71. The maximum Gasteiger partial charge on any atom is 0.241 e.